The fourth-order valence-corrected chi connectivity index (χ4v) is 1.28. The van der Waals surface area contributed by atoms with Crippen LogP contribution in [0.1, 0.15) is 33.1 Å². The van der Waals surface area contributed by atoms with Crippen molar-refractivity contribution in [3.05, 3.63) is 12.7 Å². The van der Waals surface area contributed by atoms with Crippen LogP contribution in [0.25, 0.3) is 0 Å². The van der Waals surface area contributed by atoms with E-state index in [4.69, 9.17) is 9.47 Å². The van der Waals surface area contributed by atoms with E-state index in [1.807, 2.05) is 6.08 Å². The van der Waals surface area contributed by atoms with Crippen LogP contribution in [0, 0.1) is 5.92 Å². The van der Waals surface area contributed by atoms with Gasteiger partial charge in [-0.15, -0.1) is 6.58 Å². The van der Waals surface area contributed by atoms with Crippen molar-refractivity contribution in [2.45, 2.75) is 39.2 Å². The number of unbranched alkanes of at least 4 members (excludes halogenated alkanes) is 1. The molecule has 0 aromatic rings. The summed E-state index contributed by atoms with van der Waals surface area (Å²) in [5.41, 5.74) is 0. The quantitative estimate of drug-likeness (QED) is 0.428. The Kier molecular flexibility index (Phi) is 8.05. The summed E-state index contributed by atoms with van der Waals surface area (Å²) in [6, 6.07) is 0. The predicted octanol–water partition coefficient (Wildman–Crippen LogP) is 2.99. The summed E-state index contributed by atoms with van der Waals surface area (Å²) in [6.07, 6.45) is 5.81. The third-order valence-electron chi connectivity index (χ3n) is 2.25. The maximum Gasteiger partial charge on any atom is 0.146 e. The van der Waals surface area contributed by atoms with Crippen molar-refractivity contribution in [3.63, 3.8) is 0 Å². The van der Waals surface area contributed by atoms with Crippen LogP contribution in [0.4, 0.5) is 0 Å². The van der Waals surface area contributed by atoms with Gasteiger partial charge in [-0.3, -0.25) is 0 Å². The first-order valence-corrected chi connectivity index (χ1v) is 4.99. The highest BCUT2D eigenvalue weighted by atomic mass is 16.7. The smallest absolute Gasteiger partial charge is 0.146 e. The highest BCUT2D eigenvalue weighted by Gasteiger charge is 2.13. The van der Waals surface area contributed by atoms with E-state index in [-0.39, 0.29) is 6.10 Å². The van der Waals surface area contributed by atoms with Crippen LogP contribution < -0.4 is 0 Å². The minimum absolute atomic E-state index is 0.212. The van der Waals surface area contributed by atoms with Crippen LogP contribution in [0.2, 0.25) is 0 Å². The van der Waals surface area contributed by atoms with Gasteiger partial charge >= 0.3 is 0 Å². The third-order valence-corrected chi connectivity index (χ3v) is 2.25. The van der Waals surface area contributed by atoms with Gasteiger partial charge in [0, 0.05) is 13.0 Å². The zero-order valence-corrected chi connectivity index (χ0v) is 9.08. The standard InChI is InChI=1S/C11H22O2/c1-5-7-8-11(6-2)10(3)13-9-12-4/h6,10-11H,2,5,7-9H2,1,3-4H3/t10-,11-/m0/s1. The minimum atomic E-state index is 0.212. The number of hydrogen-bond donors (Lipinski definition) is 0. The zero-order valence-electron chi connectivity index (χ0n) is 9.08. The third kappa shape index (κ3) is 5.83. The van der Waals surface area contributed by atoms with Gasteiger partial charge in [-0.1, -0.05) is 25.8 Å². The highest BCUT2D eigenvalue weighted by molar-refractivity contribution is 4.83. The van der Waals surface area contributed by atoms with Gasteiger partial charge in [-0.2, -0.15) is 0 Å². The van der Waals surface area contributed by atoms with Gasteiger partial charge in [0.05, 0.1) is 6.10 Å². The molecule has 2 heteroatoms. The van der Waals surface area contributed by atoms with Crippen LogP contribution in [0.3, 0.4) is 0 Å². The predicted molar refractivity (Wildman–Crippen MR) is 55.6 cm³/mol. The normalized spacial score (nSPS) is 15.3. The number of hydrogen-bond acceptors (Lipinski definition) is 2. The summed E-state index contributed by atoms with van der Waals surface area (Å²) in [4.78, 5) is 0. The topological polar surface area (TPSA) is 18.5 Å². The Labute approximate surface area is 81.9 Å². The molecule has 13 heavy (non-hydrogen) atoms. The Balaban J connectivity index is 3.70. The second-order valence-corrected chi connectivity index (χ2v) is 3.32. The highest BCUT2D eigenvalue weighted by Crippen LogP contribution is 2.16. The molecule has 0 aliphatic heterocycles. The Morgan fingerprint density at radius 2 is 2.15 bits per heavy atom. The van der Waals surface area contributed by atoms with Crippen LogP contribution in [0.5, 0.6) is 0 Å². The van der Waals surface area contributed by atoms with E-state index in [9.17, 15) is 0 Å². The molecule has 0 saturated carbocycles. The lowest BCUT2D eigenvalue weighted by Crippen LogP contribution is -2.20. The molecule has 0 aromatic heterocycles. The average Bonchev–Trinajstić information content (AvgIpc) is 2.16. The summed E-state index contributed by atoms with van der Waals surface area (Å²) in [5.74, 6) is 0.454. The number of ether oxygens (including phenoxy) is 2. The molecule has 0 heterocycles. The molecular formula is C11H22O2. The number of rotatable bonds is 8. The summed E-state index contributed by atoms with van der Waals surface area (Å²) < 4.78 is 10.3. The molecule has 0 rings (SSSR count). The molecule has 0 amide bonds. The summed E-state index contributed by atoms with van der Waals surface area (Å²) in [5, 5.41) is 0. The SMILES string of the molecule is C=C[C@@H](CCCC)[C@H](C)OCOC. The fraction of sp³-hybridized carbons (Fsp3) is 0.818. The molecule has 2 nitrogen and oxygen atoms in total. The first-order chi connectivity index (χ1) is 6.26. The van der Waals surface area contributed by atoms with Gasteiger partial charge in [0.1, 0.15) is 6.79 Å². The van der Waals surface area contributed by atoms with Crippen molar-refractivity contribution >= 4 is 0 Å². The lowest BCUT2D eigenvalue weighted by Gasteiger charge is -2.20. The molecule has 0 N–H and O–H groups in total. The van der Waals surface area contributed by atoms with Crippen LogP contribution >= 0.6 is 0 Å². The van der Waals surface area contributed by atoms with Gasteiger partial charge in [0.25, 0.3) is 0 Å². The molecule has 0 aliphatic carbocycles. The molecule has 0 unspecified atom stereocenters. The Morgan fingerprint density at radius 3 is 2.62 bits per heavy atom. The van der Waals surface area contributed by atoms with E-state index >= 15 is 0 Å². The monoisotopic (exact) mass is 186 g/mol. The van der Waals surface area contributed by atoms with Gasteiger partial charge in [0.2, 0.25) is 0 Å². The molecule has 0 aliphatic rings. The van der Waals surface area contributed by atoms with E-state index < -0.39 is 0 Å². The van der Waals surface area contributed by atoms with Gasteiger partial charge < -0.3 is 9.47 Å². The van der Waals surface area contributed by atoms with Gasteiger partial charge in [0.15, 0.2) is 0 Å². The van der Waals surface area contributed by atoms with Gasteiger partial charge in [-0.25, -0.2) is 0 Å². The zero-order chi connectivity index (χ0) is 10.1. The van der Waals surface area contributed by atoms with Crippen molar-refractivity contribution in [2.75, 3.05) is 13.9 Å². The lowest BCUT2D eigenvalue weighted by molar-refractivity contribution is -0.0787. The van der Waals surface area contributed by atoms with E-state index in [0.717, 1.165) is 6.42 Å². The maximum atomic E-state index is 5.45. The van der Waals surface area contributed by atoms with Crippen molar-refractivity contribution in [1.29, 1.82) is 0 Å². The molecular weight excluding hydrogens is 164 g/mol. The minimum Gasteiger partial charge on any atom is -0.359 e. The van der Waals surface area contributed by atoms with Crippen molar-refractivity contribution < 1.29 is 9.47 Å². The summed E-state index contributed by atoms with van der Waals surface area (Å²) >= 11 is 0. The molecule has 0 radical (unpaired) electrons. The number of methoxy groups -OCH3 is 1. The Bertz CT molecular complexity index is 123. The van der Waals surface area contributed by atoms with E-state index in [1.165, 1.54) is 12.8 Å². The largest absolute Gasteiger partial charge is 0.359 e. The van der Waals surface area contributed by atoms with Gasteiger partial charge in [-0.05, 0) is 13.3 Å². The second-order valence-electron chi connectivity index (χ2n) is 3.32. The fourth-order valence-electron chi connectivity index (χ4n) is 1.28. The molecule has 0 bridgehead atoms. The van der Waals surface area contributed by atoms with Crippen LogP contribution in [-0.4, -0.2) is 20.0 Å². The first kappa shape index (κ1) is 12.7. The summed E-state index contributed by atoms with van der Waals surface area (Å²) in [7, 11) is 1.64. The van der Waals surface area contributed by atoms with E-state index in [1.54, 1.807) is 7.11 Å². The van der Waals surface area contributed by atoms with E-state index in [2.05, 4.69) is 20.4 Å². The molecule has 0 spiro atoms. The molecule has 0 aromatic carbocycles. The first-order valence-electron chi connectivity index (χ1n) is 4.99. The van der Waals surface area contributed by atoms with Crippen LogP contribution in [-0.2, 0) is 9.47 Å². The van der Waals surface area contributed by atoms with E-state index in [0.29, 0.717) is 12.7 Å². The molecule has 78 valence electrons. The van der Waals surface area contributed by atoms with Crippen molar-refractivity contribution in [3.8, 4) is 0 Å². The second kappa shape index (κ2) is 8.27. The Hall–Kier alpha value is -0.340. The molecule has 0 fully saturated rings. The summed E-state index contributed by atoms with van der Waals surface area (Å²) in [6.45, 7) is 8.46. The molecule has 0 saturated heterocycles. The van der Waals surface area contributed by atoms with Crippen LogP contribution in [0.15, 0.2) is 12.7 Å². The average molecular weight is 186 g/mol. The van der Waals surface area contributed by atoms with Crippen molar-refractivity contribution in [2.24, 2.45) is 5.92 Å². The Morgan fingerprint density at radius 1 is 1.46 bits per heavy atom. The van der Waals surface area contributed by atoms with Crippen molar-refractivity contribution in [1.82, 2.24) is 0 Å². The maximum absolute atomic E-state index is 5.45. The molecule has 2 atom stereocenters. The lowest BCUT2D eigenvalue weighted by atomic mass is 9.97.